The lowest BCUT2D eigenvalue weighted by molar-refractivity contribution is -0.869. The number of hydrogen-bond acceptors (Lipinski definition) is 1. The average Bonchev–Trinajstić information content (AvgIpc) is 2.33. The molecule has 2 aliphatic rings. The van der Waals surface area contributed by atoms with E-state index >= 15 is 0 Å². The van der Waals surface area contributed by atoms with Crippen LogP contribution in [0.25, 0.3) is 0 Å². The van der Waals surface area contributed by atoms with Gasteiger partial charge in [0, 0.05) is 0 Å². The Labute approximate surface area is 93.0 Å². The highest BCUT2D eigenvalue weighted by molar-refractivity contribution is 5.34. The van der Waals surface area contributed by atoms with Gasteiger partial charge in [0.05, 0.1) is 12.1 Å². The van der Waals surface area contributed by atoms with E-state index in [1.807, 2.05) is 0 Å². The van der Waals surface area contributed by atoms with Gasteiger partial charge in [0.1, 0.15) is 0 Å². The van der Waals surface area contributed by atoms with Crippen molar-refractivity contribution in [2.45, 2.75) is 76.3 Å². The number of carbonyl (C=O) groups is 1. The van der Waals surface area contributed by atoms with Crippen molar-refractivity contribution < 1.29 is 9.69 Å². The first kappa shape index (κ1) is 11.1. The van der Waals surface area contributed by atoms with Gasteiger partial charge in [0.25, 0.3) is 6.41 Å². The van der Waals surface area contributed by atoms with Crippen LogP contribution in [0.5, 0.6) is 0 Å². The van der Waals surface area contributed by atoms with Crippen LogP contribution in [0.4, 0.5) is 0 Å². The molecule has 0 radical (unpaired) electrons. The molecule has 2 fully saturated rings. The molecule has 0 saturated heterocycles. The Balaban J connectivity index is 1.91. The highest BCUT2D eigenvalue weighted by Gasteiger charge is 2.31. The molecule has 0 aromatic rings. The Kier molecular flexibility index (Phi) is 4.18. The second-order valence-electron chi connectivity index (χ2n) is 5.29. The Hall–Kier alpha value is -0.370. The molecular weight excluding hydrogens is 186 g/mol. The van der Waals surface area contributed by atoms with Crippen LogP contribution in [-0.2, 0) is 4.79 Å². The third kappa shape index (κ3) is 2.81. The van der Waals surface area contributed by atoms with Crippen LogP contribution >= 0.6 is 0 Å². The molecule has 0 atom stereocenters. The van der Waals surface area contributed by atoms with Crippen LogP contribution in [0.1, 0.15) is 64.2 Å². The molecule has 2 nitrogen and oxygen atoms in total. The van der Waals surface area contributed by atoms with E-state index in [2.05, 4.69) is 0 Å². The SMILES string of the molecule is O=C[NH+](C1CCCCC1)C1CCCCC1. The summed E-state index contributed by atoms with van der Waals surface area (Å²) in [4.78, 5) is 12.6. The Bertz CT molecular complexity index is 175. The summed E-state index contributed by atoms with van der Waals surface area (Å²) >= 11 is 0. The fourth-order valence-electron chi connectivity index (χ4n) is 3.40. The van der Waals surface area contributed by atoms with E-state index in [4.69, 9.17) is 0 Å². The summed E-state index contributed by atoms with van der Waals surface area (Å²) in [5, 5.41) is 0. The van der Waals surface area contributed by atoms with Crippen molar-refractivity contribution >= 4 is 6.41 Å². The van der Waals surface area contributed by atoms with E-state index in [1.54, 1.807) is 0 Å². The monoisotopic (exact) mass is 210 g/mol. The van der Waals surface area contributed by atoms with E-state index in [-0.39, 0.29) is 0 Å². The number of quaternary nitrogens is 1. The highest BCUT2D eigenvalue weighted by Crippen LogP contribution is 2.19. The minimum atomic E-state index is 0.652. The van der Waals surface area contributed by atoms with Gasteiger partial charge in [-0.1, -0.05) is 12.8 Å². The van der Waals surface area contributed by atoms with Gasteiger partial charge < -0.3 is 0 Å². The molecule has 0 aromatic heterocycles. The summed E-state index contributed by atoms with van der Waals surface area (Å²) in [5.41, 5.74) is 0. The van der Waals surface area contributed by atoms with Crippen molar-refractivity contribution in [2.75, 3.05) is 0 Å². The van der Waals surface area contributed by atoms with Crippen molar-refractivity contribution in [3.05, 3.63) is 0 Å². The van der Waals surface area contributed by atoms with Crippen molar-refractivity contribution in [1.82, 2.24) is 0 Å². The van der Waals surface area contributed by atoms with Crippen molar-refractivity contribution in [1.29, 1.82) is 0 Å². The van der Waals surface area contributed by atoms with Crippen LogP contribution < -0.4 is 4.90 Å². The van der Waals surface area contributed by atoms with Crippen molar-refractivity contribution in [3.8, 4) is 0 Å². The molecule has 0 spiro atoms. The maximum atomic E-state index is 11.3. The number of rotatable bonds is 3. The first-order valence-corrected chi connectivity index (χ1v) is 6.73. The van der Waals surface area contributed by atoms with Gasteiger partial charge >= 0.3 is 0 Å². The summed E-state index contributed by atoms with van der Waals surface area (Å²) in [5.74, 6) is 0. The summed E-state index contributed by atoms with van der Waals surface area (Å²) < 4.78 is 0. The molecule has 0 aromatic carbocycles. The van der Waals surface area contributed by atoms with Crippen LogP contribution in [-0.4, -0.2) is 18.5 Å². The fraction of sp³-hybridized carbons (Fsp3) is 0.923. The van der Waals surface area contributed by atoms with Gasteiger partial charge in [-0.05, 0) is 51.4 Å². The molecule has 86 valence electrons. The van der Waals surface area contributed by atoms with Crippen LogP contribution in [0, 0.1) is 0 Å². The normalized spacial score (nSPS) is 25.7. The number of nitrogens with one attached hydrogen (secondary N) is 1. The van der Waals surface area contributed by atoms with Gasteiger partial charge in [-0.25, -0.2) is 4.79 Å². The van der Waals surface area contributed by atoms with Crippen LogP contribution in [0.2, 0.25) is 0 Å². The van der Waals surface area contributed by atoms with Gasteiger partial charge in [0.2, 0.25) is 0 Å². The molecule has 15 heavy (non-hydrogen) atoms. The predicted octanol–water partition coefficient (Wildman–Crippen LogP) is 1.69. The maximum absolute atomic E-state index is 11.3. The zero-order chi connectivity index (χ0) is 10.5. The average molecular weight is 210 g/mol. The summed E-state index contributed by atoms with van der Waals surface area (Å²) in [7, 11) is 0. The lowest BCUT2D eigenvalue weighted by atomic mass is 9.89. The molecule has 2 aliphatic carbocycles. The molecule has 1 N–H and O–H groups in total. The second-order valence-corrected chi connectivity index (χ2v) is 5.29. The zero-order valence-electron chi connectivity index (χ0n) is 9.71. The molecule has 0 aliphatic heterocycles. The van der Waals surface area contributed by atoms with E-state index in [1.165, 1.54) is 75.5 Å². The molecular formula is C13H24NO+. The van der Waals surface area contributed by atoms with Crippen molar-refractivity contribution in [3.63, 3.8) is 0 Å². The maximum Gasteiger partial charge on any atom is 0.300 e. The van der Waals surface area contributed by atoms with E-state index in [0.717, 1.165) is 0 Å². The molecule has 1 amide bonds. The molecule has 0 heterocycles. The number of hydrogen-bond donors (Lipinski definition) is 1. The third-order valence-corrected chi connectivity index (χ3v) is 4.29. The molecule has 0 bridgehead atoms. The van der Waals surface area contributed by atoms with Crippen LogP contribution in [0.3, 0.4) is 0 Å². The first-order chi connectivity index (χ1) is 7.42. The zero-order valence-corrected chi connectivity index (χ0v) is 9.71. The van der Waals surface area contributed by atoms with Gasteiger partial charge in [-0.15, -0.1) is 0 Å². The molecule has 2 rings (SSSR count). The molecule has 2 saturated carbocycles. The third-order valence-electron chi connectivity index (χ3n) is 4.29. The topological polar surface area (TPSA) is 21.5 Å². The summed E-state index contributed by atoms with van der Waals surface area (Å²) in [6, 6.07) is 1.30. The van der Waals surface area contributed by atoms with Gasteiger partial charge in [-0.3, -0.25) is 4.90 Å². The summed E-state index contributed by atoms with van der Waals surface area (Å²) in [6.07, 6.45) is 14.5. The van der Waals surface area contributed by atoms with Gasteiger partial charge in [-0.2, -0.15) is 0 Å². The lowest BCUT2D eigenvalue weighted by Gasteiger charge is -2.34. The molecule has 2 heteroatoms. The van der Waals surface area contributed by atoms with Crippen LogP contribution in [0.15, 0.2) is 0 Å². The number of amides is 1. The van der Waals surface area contributed by atoms with E-state index < -0.39 is 0 Å². The standard InChI is InChI=1S/C13H23NO/c15-11-14(12-7-3-1-4-8-12)13-9-5-2-6-10-13/h11-13H,1-10H2/p+1. The van der Waals surface area contributed by atoms with E-state index in [9.17, 15) is 4.79 Å². The largest absolute Gasteiger partial charge is 0.300 e. The van der Waals surface area contributed by atoms with Crippen molar-refractivity contribution in [2.24, 2.45) is 0 Å². The van der Waals surface area contributed by atoms with Gasteiger partial charge in [0.15, 0.2) is 0 Å². The fourth-order valence-corrected chi connectivity index (χ4v) is 3.40. The first-order valence-electron chi connectivity index (χ1n) is 6.73. The summed E-state index contributed by atoms with van der Waals surface area (Å²) in [6.45, 7) is 0. The molecule has 0 unspecified atom stereocenters. The Morgan fingerprint density at radius 2 is 1.13 bits per heavy atom. The minimum absolute atomic E-state index is 0.652. The Morgan fingerprint density at radius 3 is 1.47 bits per heavy atom. The second kappa shape index (κ2) is 5.64. The highest BCUT2D eigenvalue weighted by atomic mass is 16.1. The lowest BCUT2D eigenvalue weighted by Crippen LogP contribution is -3.18. The predicted molar refractivity (Wildman–Crippen MR) is 60.8 cm³/mol. The smallest absolute Gasteiger partial charge is 0.270 e. The Morgan fingerprint density at radius 1 is 0.733 bits per heavy atom. The van der Waals surface area contributed by atoms with E-state index in [0.29, 0.717) is 12.1 Å². The minimum Gasteiger partial charge on any atom is -0.270 e. The number of carbonyl (C=O) groups excluding carboxylic acids is 1. The quantitative estimate of drug-likeness (QED) is 0.703.